The summed E-state index contributed by atoms with van der Waals surface area (Å²) in [5.41, 5.74) is 6.70. The molecule has 8 heteroatoms. The Balaban J connectivity index is 1.18. The van der Waals surface area contributed by atoms with Gasteiger partial charge in [0, 0.05) is 67.3 Å². The number of anilines is 1. The number of fused-ring (bicyclic) bond motifs is 3. The Morgan fingerprint density at radius 3 is 2.32 bits per heavy atom. The maximum absolute atomic E-state index is 11.6. The molecule has 2 aromatic heterocycles. The van der Waals surface area contributed by atoms with Crippen LogP contribution in [0.15, 0.2) is 73.1 Å². The third-order valence-electron chi connectivity index (χ3n) is 7.81. The molecular formula is C29H31N5O3. The Morgan fingerprint density at radius 1 is 0.973 bits per heavy atom. The molecule has 2 atom stereocenters. The molecular weight excluding hydrogens is 466 g/mol. The minimum absolute atomic E-state index is 0.421. The highest BCUT2D eigenvalue weighted by Crippen LogP contribution is 2.36. The molecule has 190 valence electrons. The number of carbonyl (C=O) groups is 1. The van der Waals surface area contributed by atoms with E-state index < -0.39 is 5.91 Å². The van der Waals surface area contributed by atoms with E-state index in [-0.39, 0.29) is 0 Å². The standard InChI is InChI=1S/C29H31N5O3/c1-37-25-10-4-21(5-11-25)17-34-23-8-9-24(34)19-33(18-23)27-12-14-30-28-26(27)13-15-32(28)16-20-2-6-22(7-3-20)29(35)31-36/h2-7,10-15,23-24,36H,8-9,16-19H2,1H3,(H,31,35). The smallest absolute Gasteiger partial charge is 0.274 e. The molecule has 2 aliphatic heterocycles. The van der Waals surface area contributed by atoms with Crippen molar-refractivity contribution in [3.63, 3.8) is 0 Å². The molecule has 4 heterocycles. The molecule has 0 radical (unpaired) electrons. The van der Waals surface area contributed by atoms with Gasteiger partial charge in [-0.15, -0.1) is 0 Å². The Bertz CT molecular complexity index is 1390. The molecule has 8 nitrogen and oxygen atoms in total. The number of amides is 1. The zero-order valence-electron chi connectivity index (χ0n) is 20.9. The summed E-state index contributed by atoms with van der Waals surface area (Å²) in [5, 5.41) is 10.00. The van der Waals surface area contributed by atoms with E-state index in [1.54, 1.807) is 24.7 Å². The number of nitrogens with zero attached hydrogens (tertiary/aromatic N) is 4. The second-order valence-corrected chi connectivity index (χ2v) is 9.96. The Morgan fingerprint density at radius 2 is 1.65 bits per heavy atom. The van der Waals surface area contributed by atoms with Crippen LogP contribution in [0.1, 0.15) is 34.3 Å². The van der Waals surface area contributed by atoms with Gasteiger partial charge in [-0.3, -0.25) is 14.9 Å². The summed E-state index contributed by atoms with van der Waals surface area (Å²) in [5.74, 6) is 0.388. The van der Waals surface area contributed by atoms with Crippen molar-refractivity contribution in [3.8, 4) is 5.75 Å². The van der Waals surface area contributed by atoms with Crippen molar-refractivity contribution in [2.75, 3.05) is 25.1 Å². The first-order valence-electron chi connectivity index (χ1n) is 12.7. The van der Waals surface area contributed by atoms with Crippen LogP contribution in [0, 0.1) is 0 Å². The fourth-order valence-electron chi connectivity index (χ4n) is 5.89. The van der Waals surface area contributed by atoms with E-state index in [1.807, 2.05) is 30.5 Å². The van der Waals surface area contributed by atoms with E-state index in [1.165, 1.54) is 29.5 Å². The molecule has 6 rings (SSSR count). The van der Waals surface area contributed by atoms with Gasteiger partial charge < -0.3 is 14.2 Å². The number of ether oxygens (including phenoxy) is 1. The molecule has 2 N–H and O–H groups in total. The van der Waals surface area contributed by atoms with E-state index in [0.717, 1.165) is 36.6 Å². The number of benzene rings is 2. The number of rotatable bonds is 7. The van der Waals surface area contributed by atoms with Gasteiger partial charge in [-0.25, -0.2) is 10.5 Å². The highest BCUT2D eigenvalue weighted by Gasteiger charge is 2.40. The summed E-state index contributed by atoms with van der Waals surface area (Å²) in [6, 6.07) is 21.1. The van der Waals surface area contributed by atoms with Crippen LogP contribution in [0.25, 0.3) is 11.0 Å². The van der Waals surface area contributed by atoms with Gasteiger partial charge in [-0.05, 0) is 60.4 Å². The molecule has 37 heavy (non-hydrogen) atoms. The van der Waals surface area contributed by atoms with Crippen LogP contribution in [-0.2, 0) is 13.1 Å². The number of hydrogen-bond donors (Lipinski definition) is 2. The van der Waals surface area contributed by atoms with E-state index in [9.17, 15) is 4.79 Å². The van der Waals surface area contributed by atoms with Gasteiger partial charge in [0.25, 0.3) is 5.91 Å². The topological polar surface area (TPSA) is 82.9 Å². The minimum Gasteiger partial charge on any atom is -0.497 e. The Hall–Kier alpha value is -3.88. The largest absolute Gasteiger partial charge is 0.497 e. The predicted molar refractivity (Wildman–Crippen MR) is 142 cm³/mol. The van der Waals surface area contributed by atoms with Crippen molar-refractivity contribution in [3.05, 3.63) is 89.7 Å². The van der Waals surface area contributed by atoms with Crippen molar-refractivity contribution < 1.29 is 14.7 Å². The van der Waals surface area contributed by atoms with Crippen molar-refractivity contribution in [2.24, 2.45) is 0 Å². The molecule has 2 aliphatic rings. The molecule has 1 amide bonds. The molecule has 0 aliphatic carbocycles. The third-order valence-corrected chi connectivity index (χ3v) is 7.81. The molecule has 2 aromatic carbocycles. The van der Waals surface area contributed by atoms with E-state index in [4.69, 9.17) is 14.9 Å². The lowest BCUT2D eigenvalue weighted by atomic mass is 10.1. The number of aromatic nitrogens is 2. The second-order valence-electron chi connectivity index (χ2n) is 9.96. The van der Waals surface area contributed by atoms with Gasteiger partial charge in [0.2, 0.25) is 0 Å². The normalized spacial score (nSPS) is 19.4. The van der Waals surface area contributed by atoms with E-state index in [2.05, 4.69) is 44.8 Å². The quantitative estimate of drug-likeness (QED) is 0.296. The monoisotopic (exact) mass is 497 g/mol. The average Bonchev–Trinajstić information content (AvgIpc) is 3.44. The van der Waals surface area contributed by atoms with Crippen LogP contribution in [0.5, 0.6) is 5.75 Å². The van der Waals surface area contributed by atoms with Gasteiger partial charge in [-0.2, -0.15) is 0 Å². The van der Waals surface area contributed by atoms with Crippen LogP contribution in [0.2, 0.25) is 0 Å². The van der Waals surface area contributed by atoms with Gasteiger partial charge in [0.05, 0.1) is 7.11 Å². The molecule has 2 fully saturated rings. The first-order chi connectivity index (χ1) is 18.1. The maximum atomic E-state index is 11.6. The average molecular weight is 498 g/mol. The Kier molecular flexibility index (Phi) is 6.28. The van der Waals surface area contributed by atoms with Crippen LogP contribution >= 0.6 is 0 Å². The molecule has 2 unspecified atom stereocenters. The fourth-order valence-corrected chi connectivity index (χ4v) is 5.89. The van der Waals surface area contributed by atoms with Crippen molar-refractivity contribution in [1.29, 1.82) is 0 Å². The zero-order chi connectivity index (χ0) is 25.4. The highest BCUT2D eigenvalue weighted by molar-refractivity contribution is 5.93. The summed E-state index contributed by atoms with van der Waals surface area (Å²) < 4.78 is 7.46. The third kappa shape index (κ3) is 4.54. The number of piperazine rings is 1. The van der Waals surface area contributed by atoms with Crippen molar-refractivity contribution in [2.45, 2.75) is 38.0 Å². The van der Waals surface area contributed by atoms with Crippen LogP contribution in [0.3, 0.4) is 0 Å². The van der Waals surface area contributed by atoms with Gasteiger partial charge in [-0.1, -0.05) is 24.3 Å². The van der Waals surface area contributed by atoms with Crippen LogP contribution < -0.4 is 15.1 Å². The molecule has 4 aromatic rings. The minimum atomic E-state index is -0.512. The van der Waals surface area contributed by atoms with Gasteiger partial charge >= 0.3 is 0 Å². The lowest BCUT2D eigenvalue weighted by molar-refractivity contribution is 0.0706. The summed E-state index contributed by atoms with van der Waals surface area (Å²) >= 11 is 0. The first kappa shape index (κ1) is 23.5. The number of methoxy groups -OCH3 is 1. The summed E-state index contributed by atoms with van der Waals surface area (Å²) in [4.78, 5) is 21.5. The van der Waals surface area contributed by atoms with Gasteiger partial charge in [0.15, 0.2) is 0 Å². The number of hydrogen-bond acceptors (Lipinski definition) is 6. The summed E-state index contributed by atoms with van der Waals surface area (Å²) in [6.45, 7) is 3.67. The lowest BCUT2D eigenvalue weighted by Crippen LogP contribution is -2.53. The molecule has 2 bridgehead atoms. The highest BCUT2D eigenvalue weighted by atomic mass is 16.5. The SMILES string of the molecule is COc1ccc(CN2C3CCC2CN(c2ccnc4c2ccn4Cc2ccc(C(=O)NO)cc2)C3)cc1. The fraction of sp³-hybridized carbons (Fsp3) is 0.310. The summed E-state index contributed by atoms with van der Waals surface area (Å²) in [6.07, 6.45) is 6.46. The zero-order valence-corrected chi connectivity index (χ0v) is 20.9. The van der Waals surface area contributed by atoms with E-state index >= 15 is 0 Å². The Labute approximate surface area is 216 Å². The first-order valence-corrected chi connectivity index (χ1v) is 12.7. The van der Waals surface area contributed by atoms with E-state index in [0.29, 0.717) is 24.2 Å². The molecule has 0 saturated carbocycles. The van der Waals surface area contributed by atoms with Crippen LogP contribution in [0.4, 0.5) is 5.69 Å². The second kappa shape index (κ2) is 9.88. The lowest BCUT2D eigenvalue weighted by Gasteiger charge is -2.42. The summed E-state index contributed by atoms with van der Waals surface area (Å²) in [7, 11) is 1.71. The number of hydroxylamine groups is 1. The molecule has 2 saturated heterocycles. The van der Waals surface area contributed by atoms with Gasteiger partial charge in [0.1, 0.15) is 11.4 Å². The molecule has 0 spiro atoms. The van der Waals surface area contributed by atoms with Crippen molar-refractivity contribution >= 4 is 22.6 Å². The number of pyridine rings is 1. The maximum Gasteiger partial charge on any atom is 0.274 e. The number of nitrogens with one attached hydrogen (secondary N) is 1. The predicted octanol–water partition coefficient (Wildman–Crippen LogP) is 4.07. The van der Waals surface area contributed by atoms with Crippen LogP contribution in [-0.4, -0.2) is 57.8 Å². The number of carbonyl (C=O) groups excluding carboxylic acids is 1. The van der Waals surface area contributed by atoms with Crippen molar-refractivity contribution in [1.82, 2.24) is 19.9 Å².